The summed E-state index contributed by atoms with van der Waals surface area (Å²) in [5.74, 6) is -1.25. The fourth-order valence-electron chi connectivity index (χ4n) is 6.03. The number of pyridine rings is 2. The second kappa shape index (κ2) is 11.3. The van der Waals surface area contributed by atoms with Crippen molar-refractivity contribution in [3.05, 3.63) is 82.4 Å². The Labute approximate surface area is 245 Å². The summed E-state index contributed by atoms with van der Waals surface area (Å²) >= 11 is 0. The number of aryl methyl sites for hydroxylation is 2. The van der Waals surface area contributed by atoms with Crippen LogP contribution in [0.3, 0.4) is 0 Å². The van der Waals surface area contributed by atoms with Crippen LogP contribution < -0.4 is 10.6 Å². The zero-order valence-corrected chi connectivity index (χ0v) is 25.1. The average molecular weight is 566 g/mol. The molecular weight excluding hydrogens is 529 g/mol. The van der Waals surface area contributed by atoms with Crippen LogP contribution in [0.5, 0.6) is 0 Å². The number of anilines is 2. The lowest BCUT2D eigenvalue weighted by Gasteiger charge is -2.19. The third-order valence-electron chi connectivity index (χ3n) is 8.28. The molecule has 0 aliphatic rings. The zero-order valence-electron chi connectivity index (χ0n) is 25.1. The first kappa shape index (κ1) is 28.8. The third kappa shape index (κ3) is 4.87. The Morgan fingerprint density at radius 1 is 0.952 bits per heavy atom. The van der Waals surface area contributed by atoms with Gasteiger partial charge in [0.15, 0.2) is 0 Å². The molecular formula is C34H36FN5O2. The van der Waals surface area contributed by atoms with Crippen molar-refractivity contribution in [1.82, 2.24) is 14.5 Å². The second-order valence-corrected chi connectivity index (χ2v) is 10.6. The largest absolute Gasteiger partial charge is 0.481 e. The van der Waals surface area contributed by atoms with Crippen molar-refractivity contribution in [3.63, 3.8) is 0 Å². The summed E-state index contributed by atoms with van der Waals surface area (Å²) in [6.45, 7) is 7.62. The summed E-state index contributed by atoms with van der Waals surface area (Å²) in [4.78, 5) is 21.5. The second-order valence-electron chi connectivity index (χ2n) is 10.6. The van der Waals surface area contributed by atoms with Crippen LogP contribution in [0.1, 0.15) is 34.9 Å². The Kier molecular flexibility index (Phi) is 7.73. The molecule has 0 saturated carbocycles. The molecule has 0 fully saturated rings. The molecule has 0 radical (unpaired) electrons. The molecule has 5 rings (SSSR count). The fraction of sp³-hybridized carbons (Fsp3) is 0.265. The molecule has 0 spiro atoms. The number of carboxylic acids is 1. The van der Waals surface area contributed by atoms with Gasteiger partial charge in [-0.1, -0.05) is 13.0 Å². The van der Waals surface area contributed by atoms with E-state index in [1.807, 2.05) is 76.8 Å². The number of carboxylic acid groups (broad SMARTS) is 1. The van der Waals surface area contributed by atoms with Gasteiger partial charge in [0.1, 0.15) is 11.5 Å². The van der Waals surface area contributed by atoms with E-state index in [4.69, 9.17) is 4.98 Å². The zero-order chi connectivity index (χ0) is 30.3. The van der Waals surface area contributed by atoms with E-state index in [9.17, 15) is 9.90 Å². The summed E-state index contributed by atoms with van der Waals surface area (Å²) in [6.07, 6.45) is 2.25. The minimum absolute atomic E-state index is 0.208. The van der Waals surface area contributed by atoms with Crippen molar-refractivity contribution < 1.29 is 14.3 Å². The highest BCUT2D eigenvalue weighted by atomic mass is 19.1. The maximum Gasteiger partial charge on any atom is 0.307 e. The first-order valence-corrected chi connectivity index (χ1v) is 14.1. The Morgan fingerprint density at radius 3 is 2.36 bits per heavy atom. The SMILES string of the molecule is CCc1c(C)c(F)cc(-c2c(CC(=O)O)c(C)nc3c2cc(-c2ccnc(-c4ccc(NC)c(NC)c4)c2)n3C)c1C. The molecule has 2 aromatic carbocycles. The highest BCUT2D eigenvalue weighted by Gasteiger charge is 2.24. The summed E-state index contributed by atoms with van der Waals surface area (Å²) in [5.41, 5.74) is 11.5. The van der Waals surface area contributed by atoms with Crippen molar-refractivity contribution in [1.29, 1.82) is 0 Å². The number of rotatable bonds is 8. The first-order chi connectivity index (χ1) is 20.1. The standard InChI is InChI=1S/C34H36FN5O2/c1-8-23-18(2)24(15-27(35)19(23)3)33-25(17-32(41)42)20(4)39-34-26(33)16-31(40(34)7)22-11-12-38-29(14-22)21-9-10-28(36-5)30(13-21)37-6/h9-16,36-37H,8,17H2,1-7H3,(H,41,42). The lowest BCUT2D eigenvalue weighted by molar-refractivity contribution is -0.136. The molecule has 3 N–H and O–H groups in total. The van der Waals surface area contributed by atoms with Gasteiger partial charge in [-0.3, -0.25) is 9.78 Å². The Morgan fingerprint density at radius 2 is 1.69 bits per heavy atom. The Hall–Kier alpha value is -4.72. The van der Waals surface area contributed by atoms with Gasteiger partial charge < -0.3 is 20.3 Å². The van der Waals surface area contributed by atoms with Crippen LogP contribution in [0.25, 0.3) is 44.7 Å². The number of fused-ring (bicyclic) bond motifs is 1. The van der Waals surface area contributed by atoms with E-state index in [0.717, 1.165) is 56.0 Å². The van der Waals surface area contributed by atoms with E-state index in [1.54, 1.807) is 19.2 Å². The summed E-state index contributed by atoms with van der Waals surface area (Å²) in [6, 6.07) is 13.7. The minimum atomic E-state index is -0.957. The maximum atomic E-state index is 15.3. The van der Waals surface area contributed by atoms with Crippen LogP contribution in [0.2, 0.25) is 0 Å². The number of benzene rings is 2. The first-order valence-electron chi connectivity index (χ1n) is 14.1. The van der Waals surface area contributed by atoms with Crippen LogP contribution >= 0.6 is 0 Å². The molecule has 216 valence electrons. The third-order valence-corrected chi connectivity index (χ3v) is 8.28. The van der Waals surface area contributed by atoms with E-state index >= 15 is 4.39 Å². The molecule has 0 amide bonds. The molecule has 42 heavy (non-hydrogen) atoms. The highest BCUT2D eigenvalue weighted by Crippen LogP contribution is 2.41. The van der Waals surface area contributed by atoms with Gasteiger partial charge in [-0.15, -0.1) is 0 Å². The van der Waals surface area contributed by atoms with Crippen molar-refractivity contribution in [2.24, 2.45) is 7.05 Å². The number of aromatic nitrogens is 3. The van der Waals surface area contributed by atoms with Crippen molar-refractivity contribution in [2.75, 3.05) is 24.7 Å². The van der Waals surface area contributed by atoms with E-state index in [0.29, 0.717) is 34.5 Å². The fourth-order valence-corrected chi connectivity index (χ4v) is 6.03. The molecule has 0 saturated heterocycles. The number of nitrogens with zero attached hydrogens (tertiary/aromatic N) is 3. The summed E-state index contributed by atoms with van der Waals surface area (Å²) in [5, 5.41) is 17.0. The van der Waals surface area contributed by atoms with Gasteiger partial charge in [-0.05, 0) is 97.0 Å². The quantitative estimate of drug-likeness (QED) is 0.183. The molecule has 0 unspecified atom stereocenters. The summed E-state index contributed by atoms with van der Waals surface area (Å²) in [7, 11) is 5.72. The van der Waals surface area contributed by atoms with E-state index < -0.39 is 5.97 Å². The van der Waals surface area contributed by atoms with Crippen LogP contribution in [0.15, 0.2) is 48.7 Å². The molecule has 3 aromatic heterocycles. The van der Waals surface area contributed by atoms with E-state index in [1.165, 1.54) is 0 Å². The van der Waals surface area contributed by atoms with Gasteiger partial charge in [0, 0.05) is 49.5 Å². The lowest BCUT2D eigenvalue weighted by atomic mass is 9.87. The number of halogens is 1. The molecule has 0 aliphatic carbocycles. The highest BCUT2D eigenvalue weighted by molar-refractivity contribution is 6.01. The van der Waals surface area contributed by atoms with Crippen molar-refractivity contribution >= 4 is 28.4 Å². The number of hydrogen-bond donors (Lipinski definition) is 3. The molecule has 0 bridgehead atoms. The van der Waals surface area contributed by atoms with Gasteiger partial charge in [0.2, 0.25) is 0 Å². The smallest absolute Gasteiger partial charge is 0.307 e. The minimum Gasteiger partial charge on any atom is -0.481 e. The van der Waals surface area contributed by atoms with Crippen LogP contribution in [-0.4, -0.2) is 39.7 Å². The molecule has 3 heterocycles. The Balaban J connectivity index is 1.77. The monoisotopic (exact) mass is 565 g/mol. The van der Waals surface area contributed by atoms with E-state index in [-0.39, 0.29) is 12.2 Å². The lowest BCUT2D eigenvalue weighted by Crippen LogP contribution is -2.08. The average Bonchev–Trinajstić information content (AvgIpc) is 3.30. The topological polar surface area (TPSA) is 92.1 Å². The molecule has 8 heteroatoms. The van der Waals surface area contributed by atoms with Crippen LogP contribution in [0.4, 0.5) is 15.8 Å². The van der Waals surface area contributed by atoms with Crippen molar-refractivity contribution in [3.8, 4) is 33.6 Å². The Bertz CT molecular complexity index is 1860. The predicted octanol–water partition coefficient (Wildman–Crippen LogP) is 7.31. The molecule has 0 aliphatic heterocycles. The van der Waals surface area contributed by atoms with Crippen molar-refractivity contribution in [2.45, 2.75) is 40.5 Å². The van der Waals surface area contributed by atoms with Gasteiger partial charge in [0.25, 0.3) is 0 Å². The molecule has 0 atom stereocenters. The number of carbonyl (C=O) groups is 1. The number of hydrogen-bond acceptors (Lipinski definition) is 5. The molecule has 7 nitrogen and oxygen atoms in total. The number of nitrogens with one attached hydrogen (secondary N) is 2. The van der Waals surface area contributed by atoms with Crippen LogP contribution in [0, 0.1) is 26.6 Å². The number of aliphatic carboxylic acids is 1. The van der Waals surface area contributed by atoms with E-state index in [2.05, 4.69) is 21.7 Å². The summed E-state index contributed by atoms with van der Waals surface area (Å²) < 4.78 is 17.3. The normalized spacial score (nSPS) is 11.2. The van der Waals surface area contributed by atoms with Crippen LogP contribution in [-0.2, 0) is 24.7 Å². The van der Waals surface area contributed by atoms with Gasteiger partial charge in [-0.2, -0.15) is 0 Å². The predicted molar refractivity (Wildman–Crippen MR) is 169 cm³/mol. The molecule has 5 aromatic rings. The van der Waals surface area contributed by atoms with Gasteiger partial charge in [-0.25, -0.2) is 9.37 Å². The maximum absolute atomic E-state index is 15.3. The van der Waals surface area contributed by atoms with Gasteiger partial charge >= 0.3 is 5.97 Å². The van der Waals surface area contributed by atoms with Gasteiger partial charge in [0.05, 0.1) is 29.2 Å².